The van der Waals surface area contributed by atoms with Crippen molar-refractivity contribution in [3.8, 4) is 5.75 Å². The average Bonchev–Trinajstić information content (AvgIpc) is 3.11. The number of benzene rings is 3. The number of nitrogens with one attached hydrogen (secondary N) is 1. The van der Waals surface area contributed by atoms with Gasteiger partial charge in [-0.05, 0) is 48.4 Å². The van der Waals surface area contributed by atoms with Gasteiger partial charge in [-0.2, -0.15) is 0 Å². The van der Waals surface area contributed by atoms with Crippen LogP contribution >= 0.6 is 11.6 Å². The van der Waals surface area contributed by atoms with Gasteiger partial charge in [-0.25, -0.2) is 4.98 Å². The van der Waals surface area contributed by atoms with E-state index in [-0.39, 0.29) is 19.1 Å². The Labute approximate surface area is 180 Å². The van der Waals surface area contributed by atoms with E-state index in [0.29, 0.717) is 16.6 Å². The molecule has 0 atom stereocenters. The zero-order chi connectivity index (χ0) is 20.9. The highest BCUT2D eigenvalue weighted by Crippen LogP contribution is 2.25. The fraction of sp³-hybridized carbons (Fsp3) is 0.167. The molecule has 3 aromatic carbocycles. The predicted molar refractivity (Wildman–Crippen MR) is 120 cm³/mol. The normalized spacial score (nSPS) is 10.9. The van der Waals surface area contributed by atoms with E-state index in [1.165, 1.54) is 5.56 Å². The van der Waals surface area contributed by atoms with Crippen molar-refractivity contribution in [2.24, 2.45) is 0 Å². The number of aryl methyl sites for hydroxylation is 1. The molecule has 0 fully saturated rings. The SMILES string of the molecule is CCc1ccc(NC(=O)Cn2c(COc3ccccc3Cl)nc3ccccc32)cc1. The Kier molecular flexibility index (Phi) is 6.00. The van der Waals surface area contributed by atoms with Gasteiger partial charge in [-0.3, -0.25) is 4.79 Å². The lowest BCUT2D eigenvalue weighted by Gasteiger charge is -2.12. The minimum Gasteiger partial charge on any atom is -0.484 e. The Morgan fingerprint density at radius 2 is 1.77 bits per heavy atom. The highest BCUT2D eigenvalue weighted by atomic mass is 35.5. The van der Waals surface area contributed by atoms with Gasteiger partial charge in [0.2, 0.25) is 5.91 Å². The van der Waals surface area contributed by atoms with Gasteiger partial charge < -0.3 is 14.6 Å². The molecule has 0 radical (unpaired) electrons. The smallest absolute Gasteiger partial charge is 0.244 e. The van der Waals surface area contributed by atoms with E-state index in [0.717, 1.165) is 23.1 Å². The number of imidazole rings is 1. The molecule has 5 nitrogen and oxygen atoms in total. The number of hydrogen-bond acceptors (Lipinski definition) is 3. The summed E-state index contributed by atoms with van der Waals surface area (Å²) in [7, 11) is 0. The molecule has 30 heavy (non-hydrogen) atoms. The number of anilines is 1. The topological polar surface area (TPSA) is 56.2 Å². The molecule has 1 amide bonds. The first kappa shape index (κ1) is 20.0. The first-order valence-electron chi connectivity index (χ1n) is 9.84. The molecule has 0 aliphatic rings. The van der Waals surface area contributed by atoms with Crippen molar-refractivity contribution in [2.45, 2.75) is 26.5 Å². The Morgan fingerprint density at radius 1 is 1.03 bits per heavy atom. The number of halogens is 1. The summed E-state index contributed by atoms with van der Waals surface area (Å²) in [6.45, 7) is 2.44. The lowest BCUT2D eigenvalue weighted by molar-refractivity contribution is -0.116. The predicted octanol–water partition coefficient (Wildman–Crippen LogP) is 5.47. The molecule has 1 aromatic heterocycles. The van der Waals surface area contributed by atoms with Crippen LogP contribution in [-0.4, -0.2) is 15.5 Å². The fourth-order valence-corrected chi connectivity index (χ4v) is 3.47. The van der Waals surface area contributed by atoms with Crippen LogP contribution in [0.2, 0.25) is 5.02 Å². The Morgan fingerprint density at radius 3 is 2.53 bits per heavy atom. The molecule has 0 saturated carbocycles. The summed E-state index contributed by atoms with van der Waals surface area (Å²) in [6, 6.07) is 22.9. The molecule has 0 spiro atoms. The third-order valence-corrected chi connectivity index (χ3v) is 5.19. The van der Waals surface area contributed by atoms with Crippen LogP contribution < -0.4 is 10.1 Å². The van der Waals surface area contributed by atoms with Gasteiger partial charge in [0.1, 0.15) is 24.7 Å². The van der Waals surface area contributed by atoms with Crippen LogP contribution in [0.5, 0.6) is 5.75 Å². The van der Waals surface area contributed by atoms with E-state index in [1.54, 1.807) is 6.07 Å². The summed E-state index contributed by atoms with van der Waals surface area (Å²) in [5.74, 6) is 1.12. The average molecular weight is 420 g/mol. The number of hydrogen-bond donors (Lipinski definition) is 1. The van der Waals surface area contributed by atoms with Crippen LogP contribution in [0.4, 0.5) is 5.69 Å². The summed E-state index contributed by atoms with van der Waals surface area (Å²) in [5.41, 5.74) is 3.70. The van der Waals surface area contributed by atoms with E-state index >= 15 is 0 Å². The Bertz CT molecular complexity index is 1170. The van der Waals surface area contributed by atoms with Gasteiger partial charge in [0, 0.05) is 5.69 Å². The lowest BCUT2D eigenvalue weighted by atomic mass is 10.1. The maximum atomic E-state index is 12.7. The van der Waals surface area contributed by atoms with Crippen LogP contribution in [0.1, 0.15) is 18.3 Å². The second-order valence-electron chi connectivity index (χ2n) is 6.92. The zero-order valence-corrected chi connectivity index (χ0v) is 17.4. The molecule has 1 heterocycles. The summed E-state index contributed by atoms with van der Waals surface area (Å²) in [4.78, 5) is 17.4. The van der Waals surface area contributed by atoms with Crippen LogP contribution in [0.25, 0.3) is 11.0 Å². The number of carbonyl (C=O) groups excluding carboxylic acids is 1. The van der Waals surface area contributed by atoms with Gasteiger partial charge in [0.05, 0.1) is 16.1 Å². The maximum absolute atomic E-state index is 12.7. The molecule has 1 N–H and O–H groups in total. The molecule has 0 unspecified atom stereocenters. The molecule has 4 rings (SSSR count). The summed E-state index contributed by atoms with van der Waals surface area (Å²) < 4.78 is 7.75. The molecular formula is C24H22ClN3O2. The number of aromatic nitrogens is 2. The van der Waals surface area contributed by atoms with Crippen molar-refractivity contribution < 1.29 is 9.53 Å². The van der Waals surface area contributed by atoms with E-state index in [9.17, 15) is 4.79 Å². The number of ether oxygens (including phenoxy) is 1. The summed E-state index contributed by atoms with van der Waals surface area (Å²) >= 11 is 6.19. The van der Waals surface area contributed by atoms with Crippen molar-refractivity contribution in [3.63, 3.8) is 0 Å². The van der Waals surface area contributed by atoms with E-state index < -0.39 is 0 Å². The molecule has 6 heteroatoms. The van der Waals surface area contributed by atoms with Gasteiger partial charge in [0.15, 0.2) is 0 Å². The molecular weight excluding hydrogens is 398 g/mol. The fourth-order valence-electron chi connectivity index (χ4n) is 3.28. The molecule has 0 aliphatic carbocycles. The zero-order valence-electron chi connectivity index (χ0n) is 16.6. The monoisotopic (exact) mass is 419 g/mol. The Hall–Kier alpha value is -3.31. The van der Waals surface area contributed by atoms with Gasteiger partial charge in [0.25, 0.3) is 0 Å². The van der Waals surface area contributed by atoms with Crippen molar-refractivity contribution in [1.29, 1.82) is 0 Å². The summed E-state index contributed by atoms with van der Waals surface area (Å²) in [6.07, 6.45) is 0.962. The molecule has 0 aliphatic heterocycles. The second kappa shape index (κ2) is 9.01. The van der Waals surface area contributed by atoms with Gasteiger partial charge in [-0.15, -0.1) is 0 Å². The Balaban J connectivity index is 1.55. The largest absolute Gasteiger partial charge is 0.484 e. The third-order valence-electron chi connectivity index (χ3n) is 4.87. The van der Waals surface area contributed by atoms with Crippen LogP contribution in [0.15, 0.2) is 72.8 Å². The van der Waals surface area contributed by atoms with E-state index in [4.69, 9.17) is 16.3 Å². The second-order valence-corrected chi connectivity index (χ2v) is 7.33. The van der Waals surface area contributed by atoms with Crippen molar-refractivity contribution in [3.05, 3.63) is 89.2 Å². The van der Waals surface area contributed by atoms with Crippen molar-refractivity contribution in [1.82, 2.24) is 9.55 Å². The van der Waals surface area contributed by atoms with Crippen LogP contribution in [0.3, 0.4) is 0 Å². The van der Waals surface area contributed by atoms with Crippen molar-refractivity contribution >= 4 is 34.2 Å². The van der Waals surface area contributed by atoms with Gasteiger partial charge in [-0.1, -0.05) is 54.9 Å². The molecule has 0 bridgehead atoms. The van der Waals surface area contributed by atoms with Crippen LogP contribution in [0, 0.1) is 0 Å². The molecule has 0 saturated heterocycles. The number of amides is 1. The third kappa shape index (κ3) is 4.47. The molecule has 152 valence electrons. The highest BCUT2D eigenvalue weighted by molar-refractivity contribution is 6.32. The van der Waals surface area contributed by atoms with E-state index in [1.807, 2.05) is 71.3 Å². The maximum Gasteiger partial charge on any atom is 0.244 e. The number of rotatable bonds is 7. The molecule has 4 aromatic rings. The quantitative estimate of drug-likeness (QED) is 0.432. The summed E-state index contributed by atoms with van der Waals surface area (Å²) in [5, 5.41) is 3.49. The number of carbonyl (C=O) groups is 1. The lowest BCUT2D eigenvalue weighted by Crippen LogP contribution is -2.20. The highest BCUT2D eigenvalue weighted by Gasteiger charge is 2.15. The van der Waals surface area contributed by atoms with Gasteiger partial charge >= 0.3 is 0 Å². The standard InChI is InChI=1S/C24H22ClN3O2/c1-2-17-11-13-18(14-12-17)26-24(29)15-28-21-9-5-4-8-20(21)27-23(28)16-30-22-10-6-3-7-19(22)25/h3-14H,2,15-16H2,1H3,(H,26,29). The number of nitrogens with zero attached hydrogens (tertiary/aromatic N) is 2. The first-order valence-corrected chi connectivity index (χ1v) is 10.2. The minimum absolute atomic E-state index is 0.124. The van der Waals surface area contributed by atoms with Crippen LogP contribution in [-0.2, 0) is 24.4 Å². The van der Waals surface area contributed by atoms with Crippen molar-refractivity contribution in [2.75, 3.05) is 5.32 Å². The first-order chi connectivity index (χ1) is 14.6. The number of fused-ring (bicyclic) bond motifs is 1. The number of para-hydroxylation sites is 3. The van der Waals surface area contributed by atoms with E-state index in [2.05, 4.69) is 17.2 Å². The minimum atomic E-state index is -0.124.